The van der Waals surface area contributed by atoms with Gasteiger partial charge in [-0.2, -0.15) is 5.10 Å². The zero-order valence-electron chi connectivity index (χ0n) is 21.7. The van der Waals surface area contributed by atoms with Crippen molar-refractivity contribution in [2.45, 2.75) is 45.0 Å². The van der Waals surface area contributed by atoms with E-state index in [2.05, 4.69) is 54.3 Å². The van der Waals surface area contributed by atoms with Crippen LogP contribution in [0.3, 0.4) is 0 Å². The molecule has 8 rings (SSSR count). The number of rotatable bonds is 7. The molecule has 38 heavy (non-hydrogen) atoms. The Labute approximate surface area is 220 Å². The van der Waals surface area contributed by atoms with Crippen molar-refractivity contribution in [2.75, 3.05) is 25.1 Å². The summed E-state index contributed by atoms with van der Waals surface area (Å²) in [7, 11) is 1.64. The summed E-state index contributed by atoms with van der Waals surface area (Å²) in [6.07, 6.45) is 8.92. The van der Waals surface area contributed by atoms with Gasteiger partial charge in [-0.05, 0) is 44.0 Å². The van der Waals surface area contributed by atoms with Crippen LogP contribution in [0.1, 0.15) is 25.8 Å². The number of hydrogen-bond acceptors (Lipinski definition) is 8. The molecule has 0 saturated carbocycles. The summed E-state index contributed by atoms with van der Waals surface area (Å²) < 4.78 is 13.1. The molecule has 5 aromatic heterocycles. The third-order valence-electron chi connectivity index (χ3n) is 7.57. The highest BCUT2D eigenvalue weighted by atomic mass is 16.5. The fourth-order valence-electron chi connectivity index (χ4n) is 5.80. The van der Waals surface area contributed by atoms with E-state index < -0.39 is 0 Å². The lowest BCUT2D eigenvalue weighted by Crippen LogP contribution is -2.68. The van der Waals surface area contributed by atoms with Crippen LogP contribution in [-0.4, -0.2) is 73.1 Å². The molecule has 2 bridgehead atoms. The van der Waals surface area contributed by atoms with Gasteiger partial charge < -0.3 is 14.4 Å². The number of anilines is 1. The molecule has 1 N–H and O–H groups in total. The number of methoxy groups -OCH3 is 1. The smallest absolute Gasteiger partial charge is 0.212 e. The van der Waals surface area contributed by atoms with Gasteiger partial charge in [0.2, 0.25) is 5.88 Å². The lowest BCUT2D eigenvalue weighted by molar-refractivity contribution is -0.00876. The van der Waals surface area contributed by atoms with Crippen molar-refractivity contribution in [1.82, 2.24) is 34.7 Å². The number of nitrogens with zero attached hydrogens (tertiary/aromatic N) is 7. The maximum atomic E-state index is 6.03. The SMILES string of the molecule is COc1ccc(CN2C3CC2CN(c2ccc(-c4cc(OC(C)C)cn5nc6[nH]ncc6c45)cn2)C3)cn1. The molecular weight excluding hydrogens is 480 g/mol. The highest BCUT2D eigenvalue weighted by molar-refractivity contribution is 6.00. The molecule has 0 aromatic carbocycles. The van der Waals surface area contributed by atoms with Crippen molar-refractivity contribution in [1.29, 1.82) is 0 Å². The van der Waals surface area contributed by atoms with Crippen molar-refractivity contribution in [3.63, 3.8) is 0 Å². The van der Waals surface area contributed by atoms with E-state index in [1.807, 2.05) is 49.2 Å². The number of hydrogen-bond donors (Lipinski definition) is 1. The number of pyridine rings is 3. The van der Waals surface area contributed by atoms with Crippen LogP contribution in [0.4, 0.5) is 5.82 Å². The summed E-state index contributed by atoms with van der Waals surface area (Å²) in [4.78, 5) is 14.3. The van der Waals surface area contributed by atoms with E-state index in [-0.39, 0.29) is 6.10 Å². The van der Waals surface area contributed by atoms with Crippen LogP contribution in [0.5, 0.6) is 11.6 Å². The van der Waals surface area contributed by atoms with Crippen molar-refractivity contribution in [3.8, 4) is 22.8 Å². The van der Waals surface area contributed by atoms with Gasteiger partial charge in [-0.3, -0.25) is 10.00 Å². The van der Waals surface area contributed by atoms with E-state index in [0.29, 0.717) is 18.0 Å². The monoisotopic (exact) mass is 510 g/mol. The Morgan fingerprint density at radius 1 is 1.05 bits per heavy atom. The summed E-state index contributed by atoms with van der Waals surface area (Å²) in [5, 5.41) is 12.8. The number of ether oxygens (including phenoxy) is 2. The van der Waals surface area contributed by atoms with E-state index in [1.165, 1.54) is 12.0 Å². The average Bonchev–Trinajstić information content (AvgIpc) is 3.53. The van der Waals surface area contributed by atoms with Crippen molar-refractivity contribution < 1.29 is 9.47 Å². The van der Waals surface area contributed by atoms with Crippen LogP contribution in [0.25, 0.3) is 27.7 Å². The highest BCUT2D eigenvalue weighted by Gasteiger charge is 2.44. The Balaban J connectivity index is 1.12. The minimum Gasteiger partial charge on any atom is -0.489 e. The summed E-state index contributed by atoms with van der Waals surface area (Å²) in [6, 6.07) is 11.5. The first-order chi connectivity index (χ1) is 18.6. The Bertz CT molecular complexity index is 1580. The van der Waals surface area contributed by atoms with E-state index in [4.69, 9.17) is 14.5 Å². The standard InChI is InChI=1S/C28H30N8O2/c1-17(2)38-22-9-23(27-24-12-31-32-28(24)33-36(27)16-22)19-5-6-25(29-11-19)34-14-20-8-21(15-34)35(20)13-18-4-7-26(37-3)30-10-18/h4-7,9-12,16-17,20-21H,8,13-15H2,1-3H3,(H,32,33). The van der Waals surface area contributed by atoms with Crippen LogP contribution in [0, 0.1) is 0 Å². The van der Waals surface area contributed by atoms with E-state index >= 15 is 0 Å². The predicted octanol–water partition coefficient (Wildman–Crippen LogP) is 3.93. The average molecular weight is 511 g/mol. The summed E-state index contributed by atoms with van der Waals surface area (Å²) in [5.41, 5.74) is 5.00. The van der Waals surface area contributed by atoms with Gasteiger partial charge in [0.1, 0.15) is 11.6 Å². The van der Waals surface area contributed by atoms with Crippen LogP contribution < -0.4 is 14.4 Å². The molecule has 194 valence electrons. The Hall–Kier alpha value is -4.18. The van der Waals surface area contributed by atoms with Crippen LogP contribution in [0.2, 0.25) is 0 Å². The molecule has 3 aliphatic heterocycles. The largest absolute Gasteiger partial charge is 0.489 e. The molecule has 3 saturated heterocycles. The second kappa shape index (κ2) is 8.98. The quantitative estimate of drug-likeness (QED) is 0.352. The topological polar surface area (TPSA) is 96.7 Å². The van der Waals surface area contributed by atoms with Gasteiger partial charge >= 0.3 is 0 Å². The molecule has 10 heteroatoms. The zero-order valence-corrected chi connectivity index (χ0v) is 21.7. The lowest BCUT2D eigenvalue weighted by atomic mass is 9.87. The lowest BCUT2D eigenvalue weighted by Gasteiger charge is -2.56. The molecule has 3 aliphatic rings. The third-order valence-corrected chi connectivity index (χ3v) is 7.57. The molecule has 3 fully saturated rings. The highest BCUT2D eigenvalue weighted by Crippen LogP contribution is 2.37. The maximum Gasteiger partial charge on any atom is 0.212 e. The number of piperidine rings is 1. The Morgan fingerprint density at radius 3 is 2.63 bits per heavy atom. The predicted molar refractivity (Wildman–Crippen MR) is 145 cm³/mol. The molecule has 0 radical (unpaired) electrons. The summed E-state index contributed by atoms with van der Waals surface area (Å²) in [6.45, 7) is 6.93. The zero-order chi connectivity index (χ0) is 25.8. The first kappa shape index (κ1) is 23.0. The number of fused-ring (bicyclic) bond motifs is 5. The second-order valence-corrected chi connectivity index (χ2v) is 10.4. The maximum absolute atomic E-state index is 6.03. The Kier molecular flexibility index (Phi) is 5.43. The molecule has 2 unspecified atom stereocenters. The molecule has 0 aliphatic carbocycles. The minimum atomic E-state index is 0.0639. The van der Waals surface area contributed by atoms with Crippen molar-refractivity contribution in [3.05, 3.63) is 60.7 Å². The van der Waals surface area contributed by atoms with Gasteiger partial charge in [-0.1, -0.05) is 6.07 Å². The normalized spacial score (nSPS) is 19.3. The van der Waals surface area contributed by atoms with E-state index in [0.717, 1.165) is 58.9 Å². The van der Waals surface area contributed by atoms with Crippen molar-refractivity contribution in [2.24, 2.45) is 0 Å². The Morgan fingerprint density at radius 2 is 1.92 bits per heavy atom. The number of piperazine rings is 1. The van der Waals surface area contributed by atoms with Crippen LogP contribution >= 0.6 is 0 Å². The van der Waals surface area contributed by atoms with Gasteiger partial charge in [0.25, 0.3) is 0 Å². The van der Waals surface area contributed by atoms with Crippen molar-refractivity contribution >= 4 is 22.4 Å². The van der Waals surface area contributed by atoms with E-state index in [9.17, 15) is 0 Å². The number of H-pyrrole nitrogens is 1. The molecule has 10 nitrogen and oxygen atoms in total. The first-order valence-electron chi connectivity index (χ1n) is 13.0. The van der Waals surface area contributed by atoms with E-state index in [1.54, 1.807) is 7.11 Å². The second-order valence-electron chi connectivity index (χ2n) is 10.4. The third kappa shape index (κ3) is 3.92. The molecule has 2 atom stereocenters. The van der Waals surface area contributed by atoms with Gasteiger partial charge in [-0.15, -0.1) is 5.10 Å². The molecular formula is C28H30N8O2. The first-order valence-corrected chi connectivity index (χ1v) is 13.0. The number of nitrogens with one attached hydrogen (secondary N) is 1. The summed E-state index contributed by atoms with van der Waals surface area (Å²) >= 11 is 0. The van der Waals surface area contributed by atoms with Gasteiger partial charge in [0, 0.05) is 61.3 Å². The number of aromatic nitrogens is 6. The number of aromatic amines is 1. The fraction of sp³-hybridized carbons (Fsp3) is 0.357. The molecule has 5 aromatic rings. The summed E-state index contributed by atoms with van der Waals surface area (Å²) in [5.74, 6) is 2.44. The molecule has 8 heterocycles. The molecule has 0 spiro atoms. The minimum absolute atomic E-state index is 0.0639. The van der Waals surface area contributed by atoms with Gasteiger partial charge in [-0.25, -0.2) is 14.5 Å². The van der Waals surface area contributed by atoms with Crippen LogP contribution in [0.15, 0.2) is 55.1 Å². The van der Waals surface area contributed by atoms with Gasteiger partial charge in [0.05, 0.1) is 36.5 Å². The van der Waals surface area contributed by atoms with Gasteiger partial charge in [0.15, 0.2) is 5.65 Å². The fourth-order valence-corrected chi connectivity index (χ4v) is 5.80. The molecule has 0 amide bonds. The van der Waals surface area contributed by atoms with Crippen LogP contribution in [-0.2, 0) is 6.54 Å².